The highest BCUT2D eigenvalue weighted by molar-refractivity contribution is 7.89. The van der Waals surface area contributed by atoms with Crippen LogP contribution in [0, 0.1) is 13.8 Å². The first-order chi connectivity index (χ1) is 16.8. The maximum atomic E-state index is 14.5. The number of amides is 1. The largest absolute Gasteiger partial charge is 0.325 e. The predicted octanol–water partition coefficient (Wildman–Crippen LogP) is 5.35. The molecule has 4 aromatic rings. The Bertz CT molecular complexity index is 1520. The monoisotopic (exact) mass is 485 g/mol. The number of carbonyl (C=O) groups is 1. The first kappa shape index (κ1) is 23.1. The zero-order valence-electron chi connectivity index (χ0n) is 19.9. The average molecular weight is 486 g/mol. The molecule has 1 aliphatic heterocycles. The molecule has 0 aliphatic carbocycles. The Kier molecular flexibility index (Phi) is 5.83. The molecular weight excluding hydrogens is 458 g/mol. The van der Waals surface area contributed by atoms with Crippen LogP contribution in [0.1, 0.15) is 40.9 Å². The van der Waals surface area contributed by atoms with Crippen LogP contribution in [0.3, 0.4) is 0 Å². The maximum absolute atomic E-state index is 14.5. The van der Waals surface area contributed by atoms with Crippen molar-refractivity contribution in [1.82, 2.24) is 8.87 Å². The van der Waals surface area contributed by atoms with Gasteiger partial charge in [-0.2, -0.15) is 4.31 Å². The lowest BCUT2D eigenvalue weighted by Gasteiger charge is -2.31. The number of benzene rings is 3. The number of aromatic nitrogens is 1. The first-order valence-corrected chi connectivity index (χ1v) is 12.9. The van der Waals surface area contributed by atoms with Crippen molar-refractivity contribution >= 4 is 21.6 Å². The fourth-order valence-electron chi connectivity index (χ4n) is 4.69. The number of fused-ring (bicyclic) bond motifs is 3. The molecule has 178 valence electrons. The van der Waals surface area contributed by atoms with Gasteiger partial charge in [0.15, 0.2) is 0 Å². The molecule has 3 aromatic carbocycles. The topological polar surface area (TPSA) is 71.4 Å². The Morgan fingerprint density at radius 2 is 1.63 bits per heavy atom. The number of hydrogen-bond donors (Lipinski definition) is 1. The molecule has 7 heteroatoms. The highest BCUT2D eigenvalue weighted by atomic mass is 32.2. The van der Waals surface area contributed by atoms with E-state index >= 15 is 0 Å². The van der Waals surface area contributed by atoms with Crippen molar-refractivity contribution in [3.05, 3.63) is 113 Å². The maximum Gasteiger partial charge on any atom is 0.246 e. The van der Waals surface area contributed by atoms with Gasteiger partial charge in [-0.15, -0.1) is 0 Å². The van der Waals surface area contributed by atoms with E-state index in [1.165, 1.54) is 6.92 Å². The Hall–Kier alpha value is -3.68. The van der Waals surface area contributed by atoms with Crippen LogP contribution in [-0.2, 0) is 21.4 Å². The minimum Gasteiger partial charge on any atom is -0.325 e. The van der Waals surface area contributed by atoms with Gasteiger partial charge in [0, 0.05) is 31.0 Å². The molecule has 0 bridgehead atoms. The number of rotatable bonds is 4. The van der Waals surface area contributed by atoms with E-state index in [2.05, 4.69) is 9.88 Å². The van der Waals surface area contributed by atoms with Gasteiger partial charge < -0.3 is 9.88 Å². The lowest BCUT2D eigenvalue weighted by Crippen LogP contribution is -2.35. The van der Waals surface area contributed by atoms with Crippen LogP contribution in [0.15, 0.2) is 90.0 Å². The standard InChI is InChI=1S/C28H27N3O3S/c1-19-10-13-22(14-11-19)28-26-9-6-16-30(26)25-8-5-4-7-23(25)18-31(28)35(33,34)27-17-20(2)12-15-24(27)29-21(3)32/h4-17,28H,18H2,1-3H3,(H,29,32)/t28-/m1/s1. The molecule has 0 unspecified atom stereocenters. The highest BCUT2D eigenvalue weighted by Crippen LogP contribution is 2.41. The highest BCUT2D eigenvalue weighted by Gasteiger charge is 2.39. The van der Waals surface area contributed by atoms with Crippen LogP contribution < -0.4 is 5.32 Å². The van der Waals surface area contributed by atoms with Crippen molar-refractivity contribution in [2.24, 2.45) is 0 Å². The lowest BCUT2D eigenvalue weighted by atomic mass is 10.0. The summed E-state index contributed by atoms with van der Waals surface area (Å²) in [6.45, 7) is 5.42. The molecule has 1 N–H and O–H groups in total. The number of nitrogens with zero attached hydrogens (tertiary/aromatic N) is 2. The molecule has 1 atom stereocenters. The molecule has 0 saturated heterocycles. The fraction of sp³-hybridized carbons (Fsp3) is 0.179. The predicted molar refractivity (Wildman–Crippen MR) is 137 cm³/mol. The van der Waals surface area contributed by atoms with Gasteiger partial charge >= 0.3 is 0 Å². The van der Waals surface area contributed by atoms with Crippen molar-refractivity contribution in [2.75, 3.05) is 5.32 Å². The fourth-order valence-corrected chi connectivity index (χ4v) is 6.50. The molecule has 1 aliphatic rings. The second-order valence-electron chi connectivity index (χ2n) is 8.98. The molecule has 1 aromatic heterocycles. The average Bonchev–Trinajstić information content (AvgIpc) is 3.25. The molecule has 1 amide bonds. The van der Waals surface area contributed by atoms with E-state index in [1.807, 2.05) is 80.7 Å². The second-order valence-corrected chi connectivity index (χ2v) is 10.8. The van der Waals surface area contributed by atoms with E-state index in [-0.39, 0.29) is 23.0 Å². The van der Waals surface area contributed by atoms with Gasteiger partial charge in [0.2, 0.25) is 15.9 Å². The third-order valence-corrected chi connectivity index (χ3v) is 8.20. The number of aryl methyl sites for hydroxylation is 2. The zero-order valence-corrected chi connectivity index (χ0v) is 20.7. The second kappa shape index (κ2) is 8.83. The van der Waals surface area contributed by atoms with Crippen LogP contribution >= 0.6 is 0 Å². The Balaban J connectivity index is 1.77. The summed E-state index contributed by atoms with van der Waals surface area (Å²) in [7, 11) is -4.05. The van der Waals surface area contributed by atoms with Gasteiger partial charge in [-0.05, 0) is 60.9 Å². The molecule has 35 heavy (non-hydrogen) atoms. The molecule has 2 heterocycles. The van der Waals surface area contributed by atoms with Crippen LogP contribution in [0.25, 0.3) is 5.69 Å². The number of hydrogen-bond acceptors (Lipinski definition) is 3. The summed E-state index contributed by atoms with van der Waals surface area (Å²) < 4.78 is 32.5. The van der Waals surface area contributed by atoms with Gasteiger partial charge in [0.25, 0.3) is 0 Å². The Morgan fingerprint density at radius 1 is 0.914 bits per heavy atom. The summed E-state index contributed by atoms with van der Waals surface area (Å²) in [6.07, 6.45) is 1.97. The summed E-state index contributed by atoms with van der Waals surface area (Å²) in [5, 5.41) is 2.71. The summed E-state index contributed by atoms with van der Waals surface area (Å²) in [4.78, 5) is 12.0. The van der Waals surface area contributed by atoms with Crippen LogP contribution in [0.2, 0.25) is 0 Å². The van der Waals surface area contributed by atoms with Crippen molar-refractivity contribution in [2.45, 2.75) is 38.3 Å². The van der Waals surface area contributed by atoms with Gasteiger partial charge in [-0.25, -0.2) is 8.42 Å². The van der Waals surface area contributed by atoms with Gasteiger partial charge in [-0.1, -0.05) is 54.1 Å². The van der Waals surface area contributed by atoms with E-state index in [0.29, 0.717) is 0 Å². The first-order valence-electron chi connectivity index (χ1n) is 11.5. The van der Waals surface area contributed by atoms with E-state index in [4.69, 9.17) is 0 Å². The van der Waals surface area contributed by atoms with E-state index in [1.54, 1.807) is 22.5 Å². The third kappa shape index (κ3) is 4.17. The van der Waals surface area contributed by atoms with Gasteiger partial charge in [0.1, 0.15) is 4.90 Å². The zero-order chi connectivity index (χ0) is 24.7. The van der Waals surface area contributed by atoms with Crippen molar-refractivity contribution in [1.29, 1.82) is 0 Å². The third-order valence-electron chi connectivity index (χ3n) is 6.35. The van der Waals surface area contributed by atoms with E-state index in [9.17, 15) is 13.2 Å². The Morgan fingerprint density at radius 3 is 2.37 bits per heavy atom. The summed E-state index contributed by atoms with van der Waals surface area (Å²) in [5.41, 5.74) is 5.76. The number of nitrogens with one attached hydrogen (secondary N) is 1. The van der Waals surface area contributed by atoms with Crippen molar-refractivity contribution in [3.8, 4) is 5.69 Å². The van der Waals surface area contributed by atoms with Crippen LogP contribution in [-0.4, -0.2) is 23.2 Å². The minimum atomic E-state index is -4.05. The van der Waals surface area contributed by atoms with Crippen molar-refractivity contribution < 1.29 is 13.2 Å². The number of anilines is 1. The normalized spacial score (nSPS) is 15.7. The number of sulfonamides is 1. The minimum absolute atomic E-state index is 0.0855. The summed E-state index contributed by atoms with van der Waals surface area (Å²) in [5.74, 6) is -0.324. The van der Waals surface area contributed by atoms with Crippen LogP contribution in [0.5, 0.6) is 0 Å². The lowest BCUT2D eigenvalue weighted by molar-refractivity contribution is -0.114. The van der Waals surface area contributed by atoms with Crippen molar-refractivity contribution in [3.63, 3.8) is 0 Å². The summed E-state index contributed by atoms with van der Waals surface area (Å²) in [6, 6.07) is 24.3. The van der Waals surface area contributed by atoms with Gasteiger partial charge in [0.05, 0.1) is 11.7 Å². The molecular formula is C28H27N3O3S. The molecule has 5 rings (SSSR count). The number of para-hydroxylation sites is 1. The SMILES string of the molecule is CC(=O)Nc1ccc(C)cc1S(=O)(=O)N1Cc2ccccc2-n2cccc2[C@H]1c1ccc(C)cc1. The molecule has 0 saturated carbocycles. The molecule has 0 spiro atoms. The van der Waals surface area contributed by atoms with Crippen LogP contribution in [0.4, 0.5) is 5.69 Å². The van der Waals surface area contributed by atoms with E-state index in [0.717, 1.165) is 33.6 Å². The Labute approximate surface area is 205 Å². The van der Waals surface area contributed by atoms with E-state index < -0.39 is 16.1 Å². The quantitative estimate of drug-likeness (QED) is 0.424. The summed E-state index contributed by atoms with van der Waals surface area (Å²) >= 11 is 0. The molecule has 0 fully saturated rings. The smallest absolute Gasteiger partial charge is 0.246 e. The van der Waals surface area contributed by atoms with Gasteiger partial charge in [-0.3, -0.25) is 4.79 Å². The number of carbonyl (C=O) groups excluding carboxylic acids is 1. The molecule has 0 radical (unpaired) electrons. The molecule has 6 nitrogen and oxygen atoms in total.